The van der Waals surface area contributed by atoms with Crippen molar-refractivity contribution in [2.75, 3.05) is 24.9 Å². The number of phenolic OH excluding ortho intramolecular Hbond substituents is 2. The van der Waals surface area contributed by atoms with E-state index in [9.17, 15) is 29.7 Å². The molecule has 7 N–H and O–H groups in total. The number of rotatable bonds is 4. The van der Waals surface area contributed by atoms with Crippen molar-refractivity contribution in [2.24, 2.45) is 17.6 Å². The third-order valence-electron chi connectivity index (χ3n) is 7.46. The summed E-state index contributed by atoms with van der Waals surface area (Å²) in [4.78, 5) is 36.6. The van der Waals surface area contributed by atoms with Crippen LogP contribution in [0.2, 0.25) is 0 Å². The highest BCUT2D eigenvalue weighted by molar-refractivity contribution is 6.05. The topological polar surface area (TPSA) is 190 Å². The second-order valence-electron chi connectivity index (χ2n) is 11.0. The molecule has 234 valence electrons. The molecule has 6 atom stereocenters. The van der Waals surface area contributed by atoms with Gasteiger partial charge in [-0.1, -0.05) is 26.0 Å². The number of hydrogen-bond donors (Lipinski definition) is 6. The van der Waals surface area contributed by atoms with Gasteiger partial charge in [0.2, 0.25) is 5.91 Å². The maximum atomic E-state index is 13.0. The van der Waals surface area contributed by atoms with Gasteiger partial charge in [0.25, 0.3) is 5.91 Å². The predicted octanol–water partition coefficient (Wildman–Crippen LogP) is 3.74. The Morgan fingerprint density at radius 1 is 1.10 bits per heavy atom. The van der Waals surface area contributed by atoms with E-state index in [1.807, 2.05) is 6.92 Å². The maximum absolute atomic E-state index is 13.0. The number of fused-ring (bicyclic) bond motifs is 2. The second-order valence-corrected chi connectivity index (χ2v) is 11.0. The Morgan fingerprint density at radius 2 is 1.74 bits per heavy atom. The molecule has 2 rings (SSSR count). The number of allylic oxidation sites excluding steroid dienone is 1. The normalized spacial score (nSPS) is 28.9. The molecule has 0 aromatic heterocycles. The zero-order chi connectivity index (χ0) is 31.7. The molecule has 1 aliphatic rings. The fourth-order valence-electron chi connectivity index (χ4n) is 5.20. The quantitative estimate of drug-likeness (QED) is 0.172. The van der Waals surface area contributed by atoms with Gasteiger partial charge < -0.3 is 45.9 Å². The zero-order valence-corrected chi connectivity index (χ0v) is 25.4. The molecule has 42 heavy (non-hydrogen) atoms. The van der Waals surface area contributed by atoms with Gasteiger partial charge in [-0.05, 0) is 57.1 Å². The molecule has 0 fully saturated rings. The van der Waals surface area contributed by atoms with E-state index in [0.717, 1.165) is 0 Å². The monoisotopic (exact) mass is 591 g/mol. The minimum Gasteiger partial charge on any atom is -0.505 e. The lowest BCUT2D eigenvalue weighted by molar-refractivity contribution is -0.114. The molecule has 0 radical (unpaired) electrons. The first kappa shape index (κ1) is 34.6. The molecule has 0 saturated carbocycles. The van der Waals surface area contributed by atoms with Crippen molar-refractivity contribution in [3.05, 3.63) is 34.9 Å². The van der Waals surface area contributed by atoms with Gasteiger partial charge in [-0.15, -0.1) is 0 Å². The van der Waals surface area contributed by atoms with Crippen LogP contribution in [0.3, 0.4) is 0 Å². The Balaban J connectivity index is 2.63. The van der Waals surface area contributed by atoms with Gasteiger partial charge >= 0.3 is 6.09 Å². The van der Waals surface area contributed by atoms with Crippen molar-refractivity contribution in [1.29, 1.82) is 0 Å². The summed E-state index contributed by atoms with van der Waals surface area (Å²) in [5, 5.41) is 38.4. The molecule has 3 amide bonds. The SMILES string of the molecule is CO[C@H]1C[C@@H](C)Cc2c(O)c(NC(C)=O)cc(c2O)NC(=O)/C(C)=C\CC[C@@H](OC)[C@H](OC(N)=O)/C(C)=C\[C@H](C)[C@H]1O. The number of carbonyl (C=O) groups is 3. The van der Waals surface area contributed by atoms with Crippen LogP contribution in [0.15, 0.2) is 29.4 Å². The van der Waals surface area contributed by atoms with Crippen molar-refractivity contribution in [3.63, 3.8) is 0 Å². The van der Waals surface area contributed by atoms with E-state index in [4.69, 9.17) is 19.9 Å². The van der Waals surface area contributed by atoms with Crippen molar-refractivity contribution in [3.8, 4) is 11.5 Å². The number of benzene rings is 1. The lowest BCUT2D eigenvalue weighted by atomic mass is 9.87. The molecule has 0 saturated heterocycles. The smallest absolute Gasteiger partial charge is 0.405 e. The fourth-order valence-corrected chi connectivity index (χ4v) is 5.20. The number of aromatic hydroxyl groups is 2. The van der Waals surface area contributed by atoms with Gasteiger partial charge in [-0.3, -0.25) is 9.59 Å². The van der Waals surface area contributed by atoms with Crippen LogP contribution in [-0.4, -0.2) is 71.9 Å². The van der Waals surface area contributed by atoms with E-state index >= 15 is 0 Å². The molecule has 1 heterocycles. The van der Waals surface area contributed by atoms with Gasteiger partial charge in [-0.25, -0.2) is 4.79 Å². The molecule has 12 nitrogen and oxygen atoms in total. The number of aliphatic hydroxyl groups is 1. The van der Waals surface area contributed by atoms with E-state index < -0.39 is 48.2 Å². The molecule has 12 heteroatoms. The summed E-state index contributed by atoms with van der Waals surface area (Å²) in [7, 11) is 2.96. The van der Waals surface area contributed by atoms with Crippen LogP contribution >= 0.6 is 0 Å². The summed E-state index contributed by atoms with van der Waals surface area (Å²) < 4.78 is 16.7. The van der Waals surface area contributed by atoms with E-state index in [-0.39, 0.29) is 40.8 Å². The highest BCUT2D eigenvalue weighted by atomic mass is 16.6. The summed E-state index contributed by atoms with van der Waals surface area (Å²) in [5.74, 6) is -2.27. The number of methoxy groups -OCH3 is 2. The predicted molar refractivity (Wildman–Crippen MR) is 158 cm³/mol. The van der Waals surface area contributed by atoms with Gasteiger partial charge in [0, 0.05) is 38.2 Å². The van der Waals surface area contributed by atoms with Crippen LogP contribution in [0.5, 0.6) is 11.5 Å². The molecule has 0 unspecified atom stereocenters. The summed E-state index contributed by atoms with van der Waals surface area (Å²) in [6, 6.07) is 1.29. The first-order chi connectivity index (χ1) is 19.7. The highest BCUT2D eigenvalue weighted by Gasteiger charge is 2.31. The number of ether oxygens (including phenoxy) is 3. The van der Waals surface area contributed by atoms with Gasteiger partial charge in [0.1, 0.15) is 11.5 Å². The number of phenols is 2. The maximum Gasteiger partial charge on any atom is 0.405 e. The molecule has 1 aliphatic heterocycles. The molecular weight excluding hydrogens is 546 g/mol. The summed E-state index contributed by atoms with van der Waals surface area (Å²) in [6.07, 6.45) is 0.670. The Kier molecular flexibility index (Phi) is 12.8. The Morgan fingerprint density at radius 3 is 2.31 bits per heavy atom. The van der Waals surface area contributed by atoms with Crippen molar-refractivity contribution in [1.82, 2.24) is 0 Å². The van der Waals surface area contributed by atoms with Crippen LogP contribution < -0.4 is 16.4 Å². The molecular formula is C30H45N3O9. The number of nitrogens with two attached hydrogens (primary N) is 1. The molecule has 2 bridgehead atoms. The molecule has 1 aromatic carbocycles. The van der Waals surface area contributed by atoms with Gasteiger partial charge in [0.15, 0.2) is 6.10 Å². The summed E-state index contributed by atoms with van der Waals surface area (Å²) >= 11 is 0. The zero-order valence-electron chi connectivity index (χ0n) is 25.4. The average Bonchev–Trinajstić information content (AvgIpc) is 2.92. The Labute approximate surface area is 246 Å². The highest BCUT2D eigenvalue weighted by Crippen LogP contribution is 2.42. The lowest BCUT2D eigenvalue weighted by Crippen LogP contribution is -2.37. The van der Waals surface area contributed by atoms with Crippen LogP contribution in [-0.2, 0) is 30.2 Å². The third kappa shape index (κ3) is 9.20. The number of carbonyl (C=O) groups excluding carboxylic acids is 3. The van der Waals surface area contributed by atoms with E-state index in [1.54, 1.807) is 32.9 Å². The molecule has 0 aliphatic carbocycles. The van der Waals surface area contributed by atoms with Crippen molar-refractivity contribution < 1.29 is 43.9 Å². The fraction of sp³-hybridized carbons (Fsp3) is 0.567. The van der Waals surface area contributed by atoms with Crippen molar-refractivity contribution >= 4 is 29.3 Å². The summed E-state index contributed by atoms with van der Waals surface area (Å²) in [6.45, 7) is 8.31. The van der Waals surface area contributed by atoms with Gasteiger partial charge in [0.05, 0.1) is 29.7 Å². The number of aliphatic hydroxyl groups excluding tert-OH is 1. The minimum absolute atomic E-state index is 0.0101. The first-order valence-electron chi connectivity index (χ1n) is 13.9. The first-order valence-corrected chi connectivity index (χ1v) is 13.9. The Bertz CT molecular complexity index is 1200. The van der Waals surface area contributed by atoms with Crippen LogP contribution in [0, 0.1) is 11.8 Å². The minimum atomic E-state index is -0.973. The second kappa shape index (κ2) is 15.6. The summed E-state index contributed by atoms with van der Waals surface area (Å²) in [5.41, 5.74) is 6.50. The van der Waals surface area contributed by atoms with E-state index in [1.165, 1.54) is 27.2 Å². The van der Waals surface area contributed by atoms with Gasteiger partial charge in [-0.2, -0.15) is 0 Å². The number of primary amides is 1. The molecule has 0 spiro atoms. The third-order valence-corrected chi connectivity index (χ3v) is 7.46. The lowest BCUT2D eigenvalue weighted by Gasteiger charge is -2.30. The molecule has 1 aromatic rings. The number of anilines is 2. The van der Waals surface area contributed by atoms with Crippen LogP contribution in [0.1, 0.15) is 59.4 Å². The van der Waals surface area contributed by atoms with Crippen molar-refractivity contribution in [2.45, 2.75) is 84.7 Å². The van der Waals surface area contributed by atoms with Crippen LogP contribution in [0.4, 0.5) is 16.2 Å². The van der Waals surface area contributed by atoms with Crippen LogP contribution in [0.25, 0.3) is 0 Å². The van der Waals surface area contributed by atoms with E-state index in [0.29, 0.717) is 30.4 Å². The Hall–Kier alpha value is -3.61. The average molecular weight is 592 g/mol. The number of hydrogen-bond acceptors (Lipinski definition) is 9. The number of amides is 3. The van der Waals surface area contributed by atoms with E-state index in [2.05, 4.69) is 10.6 Å². The number of nitrogens with one attached hydrogen (secondary N) is 2. The standard InChI is InChI=1S/C30H45N3O9/c1-15-11-20-26(36)21(32-19(5)34)14-22(27(20)37)33-29(38)16(2)9-8-10-23(40-6)28(42-30(31)39)18(4)13-17(3)25(35)24(12-15)41-7/h9,13-15,17,23-25,28,35-37H,8,10-12H2,1-7H3,(H2,31,39)(H,32,34)(H,33,38)/b16-9-,18-13-/t15-,17-,23+,24-,25+,28+/m0/s1. The largest absolute Gasteiger partial charge is 0.505 e.